The van der Waals surface area contributed by atoms with Crippen molar-refractivity contribution in [2.75, 3.05) is 0 Å². The molecule has 0 amide bonds. The van der Waals surface area contributed by atoms with Gasteiger partial charge in [-0.2, -0.15) is 5.26 Å². The van der Waals surface area contributed by atoms with E-state index in [1.807, 2.05) is 36.4 Å². The molecule has 0 aromatic heterocycles. The van der Waals surface area contributed by atoms with Crippen molar-refractivity contribution < 1.29 is 0 Å². The minimum absolute atomic E-state index is 0.503. The van der Waals surface area contributed by atoms with Gasteiger partial charge in [0.05, 0.1) is 17.2 Å². The summed E-state index contributed by atoms with van der Waals surface area (Å²) in [5, 5.41) is 8.59. The number of hydrogen-bond acceptors (Lipinski definition) is 2. The highest BCUT2D eigenvalue weighted by molar-refractivity contribution is 5.37. The average Bonchev–Trinajstić information content (AvgIpc) is 2.67. The maximum Gasteiger partial charge on any atom is 0.0991 e. The Morgan fingerprint density at radius 3 is 1.88 bits per heavy atom. The molecule has 2 nitrogen and oxygen atoms in total. The molecular formula is C24H30N2. The molecule has 0 saturated heterocycles. The van der Waals surface area contributed by atoms with Crippen LogP contribution in [0.3, 0.4) is 0 Å². The topological polar surface area (TPSA) is 49.8 Å². The van der Waals surface area contributed by atoms with Crippen molar-refractivity contribution in [3.63, 3.8) is 0 Å². The lowest BCUT2D eigenvalue weighted by atomic mass is 9.88. The first kappa shape index (κ1) is 21.4. The fourth-order valence-corrected chi connectivity index (χ4v) is 2.45. The zero-order chi connectivity index (χ0) is 19.7. The summed E-state index contributed by atoms with van der Waals surface area (Å²) in [5.41, 5.74) is 9.83. The molecule has 0 radical (unpaired) electrons. The summed E-state index contributed by atoms with van der Waals surface area (Å²) in [6.45, 7) is 16.1. The monoisotopic (exact) mass is 346 g/mol. The number of nitriles is 1. The van der Waals surface area contributed by atoms with Gasteiger partial charge >= 0.3 is 0 Å². The van der Waals surface area contributed by atoms with Crippen LogP contribution in [0.1, 0.15) is 61.8 Å². The molecule has 0 spiro atoms. The highest BCUT2D eigenvalue weighted by Gasteiger charge is 2.19. The second-order valence-corrected chi connectivity index (χ2v) is 7.01. The molecule has 2 aromatic rings. The highest BCUT2D eigenvalue weighted by atomic mass is 14.7. The number of nitrogens with two attached hydrogens (primary N) is 1. The molecule has 0 bridgehead atoms. The molecule has 0 heterocycles. The molecule has 0 unspecified atom stereocenters. The van der Waals surface area contributed by atoms with E-state index in [0.29, 0.717) is 11.8 Å². The van der Waals surface area contributed by atoms with E-state index in [2.05, 4.69) is 59.1 Å². The molecule has 2 heteroatoms. The summed E-state index contributed by atoms with van der Waals surface area (Å²) in [6.07, 6.45) is 3.44. The average molecular weight is 347 g/mol. The zero-order valence-corrected chi connectivity index (χ0v) is 16.4. The van der Waals surface area contributed by atoms with Crippen molar-refractivity contribution in [2.45, 2.75) is 45.1 Å². The van der Waals surface area contributed by atoms with Crippen molar-refractivity contribution in [3.8, 4) is 6.07 Å². The highest BCUT2D eigenvalue weighted by Crippen LogP contribution is 2.24. The molecule has 0 saturated carbocycles. The third-order valence-electron chi connectivity index (χ3n) is 4.41. The van der Waals surface area contributed by atoms with Gasteiger partial charge < -0.3 is 5.73 Å². The number of nitrogens with zero attached hydrogens (tertiary/aromatic N) is 1. The molecular weight excluding hydrogens is 316 g/mol. The molecule has 2 N–H and O–H groups in total. The van der Waals surface area contributed by atoms with Gasteiger partial charge in [0.15, 0.2) is 0 Å². The van der Waals surface area contributed by atoms with Crippen LogP contribution < -0.4 is 5.73 Å². The van der Waals surface area contributed by atoms with Crippen LogP contribution in [0.2, 0.25) is 0 Å². The maximum atomic E-state index is 8.59. The lowest BCUT2D eigenvalue weighted by molar-refractivity contribution is 0.712. The van der Waals surface area contributed by atoms with Crippen molar-refractivity contribution in [3.05, 3.63) is 96.1 Å². The summed E-state index contributed by atoms with van der Waals surface area (Å²) in [5.74, 6) is 1.01. The van der Waals surface area contributed by atoms with E-state index < -0.39 is 5.54 Å². The van der Waals surface area contributed by atoms with E-state index in [1.165, 1.54) is 11.1 Å². The molecule has 2 aromatic carbocycles. The predicted octanol–water partition coefficient (Wildman–Crippen LogP) is 6.02. The maximum absolute atomic E-state index is 8.59. The van der Waals surface area contributed by atoms with E-state index in [1.54, 1.807) is 12.2 Å². The molecule has 136 valence electrons. The number of hydrogen-bond donors (Lipinski definition) is 1. The smallest absolute Gasteiger partial charge is 0.0991 e. The van der Waals surface area contributed by atoms with Gasteiger partial charge in [-0.1, -0.05) is 76.2 Å². The number of benzene rings is 2. The first-order chi connectivity index (χ1) is 12.3. The minimum atomic E-state index is -0.620. The Morgan fingerprint density at radius 1 is 0.923 bits per heavy atom. The van der Waals surface area contributed by atoms with Gasteiger partial charge in [0, 0.05) is 0 Å². The predicted molar refractivity (Wildman–Crippen MR) is 112 cm³/mol. The summed E-state index contributed by atoms with van der Waals surface area (Å²) in [6, 6.07) is 18.1. The van der Waals surface area contributed by atoms with Crippen LogP contribution in [0.5, 0.6) is 0 Å². The summed E-state index contributed by atoms with van der Waals surface area (Å²) >= 11 is 0. The van der Waals surface area contributed by atoms with Gasteiger partial charge in [0.2, 0.25) is 0 Å². The van der Waals surface area contributed by atoms with Gasteiger partial charge in [-0.05, 0) is 40.7 Å². The molecule has 0 aliphatic heterocycles. The van der Waals surface area contributed by atoms with Crippen LogP contribution in [0.4, 0.5) is 0 Å². The van der Waals surface area contributed by atoms with Crippen LogP contribution >= 0.6 is 0 Å². The van der Waals surface area contributed by atoms with Crippen LogP contribution in [0.25, 0.3) is 0 Å². The quantitative estimate of drug-likeness (QED) is 0.673. The van der Waals surface area contributed by atoms with Crippen LogP contribution in [-0.4, -0.2) is 0 Å². The van der Waals surface area contributed by atoms with Gasteiger partial charge in [-0.3, -0.25) is 0 Å². The van der Waals surface area contributed by atoms with E-state index in [0.717, 1.165) is 11.1 Å². The Labute approximate surface area is 158 Å². The Hall–Kier alpha value is -2.63. The Bertz CT molecular complexity index is 771. The van der Waals surface area contributed by atoms with E-state index >= 15 is 0 Å². The van der Waals surface area contributed by atoms with Gasteiger partial charge in [0.1, 0.15) is 0 Å². The van der Waals surface area contributed by atoms with Crippen molar-refractivity contribution in [1.82, 2.24) is 0 Å². The second kappa shape index (κ2) is 9.75. The Balaban J connectivity index is 0.000000273. The standard InChI is InChI=1S/C14H19N.C10H11N/c1-5-14(15,6-2)13-9-7-8-12(10-13)11(3)4;1-8(2)10-5-3-4-9(6-10)7-11/h5-11H,1-2,15H2,3-4H3;3-6,8H,1-2H3. The SMILES string of the molecule is C=CC(N)(C=C)c1cccc(C(C)C)c1.CC(C)c1cccc(C#N)c1. The van der Waals surface area contributed by atoms with Crippen molar-refractivity contribution in [2.24, 2.45) is 5.73 Å². The minimum Gasteiger partial charge on any atom is -0.315 e. The first-order valence-corrected chi connectivity index (χ1v) is 8.94. The molecule has 2 rings (SSSR count). The zero-order valence-electron chi connectivity index (χ0n) is 16.4. The Morgan fingerprint density at radius 2 is 1.42 bits per heavy atom. The molecule has 26 heavy (non-hydrogen) atoms. The van der Waals surface area contributed by atoms with Crippen LogP contribution in [-0.2, 0) is 5.54 Å². The molecule has 0 atom stereocenters. The third-order valence-corrected chi connectivity index (χ3v) is 4.41. The van der Waals surface area contributed by atoms with E-state index in [9.17, 15) is 0 Å². The fraction of sp³-hybridized carbons (Fsp3) is 0.292. The van der Waals surface area contributed by atoms with Gasteiger partial charge in [-0.25, -0.2) is 0 Å². The Kier molecular flexibility index (Phi) is 8.03. The van der Waals surface area contributed by atoms with E-state index in [4.69, 9.17) is 11.0 Å². The first-order valence-electron chi connectivity index (χ1n) is 8.94. The van der Waals surface area contributed by atoms with Crippen LogP contribution in [0, 0.1) is 11.3 Å². The van der Waals surface area contributed by atoms with Gasteiger partial charge in [-0.15, -0.1) is 13.2 Å². The van der Waals surface area contributed by atoms with Gasteiger partial charge in [0.25, 0.3) is 0 Å². The largest absolute Gasteiger partial charge is 0.315 e. The van der Waals surface area contributed by atoms with Crippen molar-refractivity contribution in [1.29, 1.82) is 5.26 Å². The lowest BCUT2D eigenvalue weighted by Gasteiger charge is -2.22. The second-order valence-electron chi connectivity index (χ2n) is 7.01. The summed E-state index contributed by atoms with van der Waals surface area (Å²) < 4.78 is 0. The fourth-order valence-electron chi connectivity index (χ4n) is 2.45. The molecule has 0 fully saturated rings. The van der Waals surface area contributed by atoms with E-state index in [-0.39, 0.29) is 0 Å². The number of rotatable bonds is 5. The third kappa shape index (κ3) is 5.72. The summed E-state index contributed by atoms with van der Waals surface area (Å²) in [7, 11) is 0. The summed E-state index contributed by atoms with van der Waals surface area (Å²) in [4.78, 5) is 0. The lowest BCUT2D eigenvalue weighted by Crippen LogP contribution is -2.31. The van der Waals surface area contributed by atoms with Crippen LogP contribution in [0.15, 0.2) is 73.8 Å². The molecule has 0 aliphatic carbocycles. The molecule has 0 aliphatic rings. The van der Waals surface area contributed by atoms with Crippen molar-refractivity contribution >= 4 is 0 Å². The normalized spacial score (nSPS) is 10.7.